The average Bonchev–Trinajstić information content (AvgIpc) is 1.88. The van der Waals surface area contributed by atoms with E-state index in [2.05, 4.69) is 6.92 Å². The van der Waals surface area contributed by atoms with Crippen LogP contribution in [0.4, 0.5) is 0 Å². The van der Waals surface area contributed by atoms with Crippen LogP contribution < -0.4 is 0 Å². The molecule has 0 aromatic rings. The number of ether oxygens (including phenoxy) is 1. The molecule has 10 heavy (non-hydrogen) atoms. The molecule has 1 fully saturated rings. The Bertz CT molecular complexity index is 118. The van der Waals surface area contributed by atoms with Gasteiger partial charge in [-0.05, 0) is 12.3 Å². The van der Waals surface area contributed by atoms with Gasteiger partial charge < -0.3 is 4.74 Å². The Hall–Kier alpha value is -0.530. The molecule has 1 aliphatic heterocycles. The summed E-state index contributed by atoms with van der Waals surface area (Å²) in [6, 6.07) is 0. The van der Waals surface area contributed by atoms with Gasteiger partial charge in [-0.1, -0.05) is 19.8 Å². The van der Waals surface area contributed by atoms with Crippen LogP contribution >= 0.6 is 0 Å². The van der Waals surface area contributed by atoms with Gasteiger partial charge in [0.2, 0.25) is 0 Å². The number of rotatable bonds is 2. The summed E-state index contributed by atoms with van der Waals surface area (Å²) in [5, 5.41) is 0. The van der Waals surface area contributed by atoms with E-state index in [0.29, 0.717) is 18.9 Å². The van der Waals surface area contributed by atoms with Crippen molar-refractivity contribution in [1.82, 2.24) is 0 Å². The monoisotopic (exact) mass is 142 g/mol. The van der Waals surface area contributed by atoms with Crippen molar-refractivity contribution in [3.05, 3.63) is 0 Å². The molecule has 0 aromatic heterocycles. The average molecular weight is 142 g/mol. The van der Waals surface area contributed by atoms with Crippen LogP contribution in [-0.2, 0) is 9.53 Å². The Balaban J connectivity index is 2.25. The number of cyclic esters (lactones) is 1. The number of carbonyl (C=O) groups excluding carboxylic acids is 1. The minimum absolute atomic E-state index is 0.00954. The normalized spacial score (nSPS) is 26.1. The van der Waals surface area contributed by atoms with E-state index < -0.39 is 0 Å². The van der Waals surface area contributed by atoms with Crippen LogP contribution in [0.5, 0.6) is 0 Å². The van der Waals surface area contributed by atoms with E-state index in [9.17, 15) is 4.79 Å². The lowest BCUT2D eigenvalue weighted by Gasteiger charge is -2.20. The smallest absolute Gasteiger partial charge is 0.306 e. The zero-order valence-electron chi connectivity index (χ0n) is 6.43. The summed E-state index contributed by atoms with van der Waals surface area (Å²) in [4.78, 5) is 10.7. The van der Waals surface area contributed by atoms with Crippen LogP contribution in [0.3, 0.4) is 0 Å². The van der Waals surface area contributed by atoms with E-state index in [1.165, 1.54) is 12.8 Å². The Labute approximate surface area is 61.6 Å². The van der Waals surface area contributed by atoms with Crippen LogP contribution in [-0.4, -0.2) is 12.6 Å². The first-order valence-corrected chi connectivity index (χ1v) is 3.98. The number of hydrogen-bond acceptors (Lipinski definition) is 2. The van der Waals surface area contributed by atoms with Gasteiger partial charge in [0.05, 0.1) is 6.61 Å². The first-order chi connectivity index (χ1) is 4.83. The van der Waals surface area contributed by atoms with E-state index in [0.717, 1.165) is 6.42 Å². The highest BCUT2D eigenvalue weighted by atomic mass is 16.5. The lowest BCUT2D eigenvalue weighted by molar-refractivity contribution is -0.149. The lowest BCUT2D eigenvalue weighted by atomic mass is 9.95. The van der Waals surface area contributed by atoms with Crippen molar-refractivity contribution in [1.29, 1.82) is 0 Å². The maximum Gasteiger partial charge on any atom is 0.306 e. The second-order valence-corrected chi connectivity index (χ2v) is 2.87. The van der Waals surface area contributed by atoms with Crippen LogP contribution in [0.2, 0.25) is 0 Å². The fourth-order valence-electron chi connectivity index (χ4n) is 1.39. The standard InChI is InChI=1S/C8H14O2/c1-2-3-7-4-5-10-8(9)6-7/h7H,2-6H2,1H3. The molecule has 0 amide bonds. The zero-order valence-corrected chi connectivity index (χ0v) is 6.43. The minimum Gasteiger partial charge on any atom is -0.466 e. The number of esters is 1. The Morgan fingerprint density at radius 2 is 2.50 bits per heavy atom. The largest absolute Gasteiger partial charge is 0.466 e. The van der Waals surface area contributed by atoms with Gasteiger partial charge in [0.25, 0.3) is 0 Å². The van der Waals surface area contributed by atoms with Crippen molar-refractivity contribution in [2.75, 3.05) is 6.61 Å². The predicted molar refractivity (Wildman–Crippen MR) is 38.6 cm³/mol. The third kappa shape index (κ3) is 2.01. The van der Waals surface area contributed by atoms with Gasteiger partial charge >= 0.3 is 5.97 Å². The van der Waals surface area contributed by atoms with Crippen molar-refractivity contribution in [2.45, 2.75) is 32.6 Å². The molecule has 2 heteroatoms. The van der Waals surface area contributed by atoms with Crippen LogP contribution in [0.15, 0.2) is 0 Å². The molecule has 0 radical (unpaired) electrons. The topological polar surface area (TPSA) is 26.3 Å². The summed E-state index contributed by atoms with van der Waals surface area (Å²) < 4.78 is 4.82. The summed E-state index contributed by atoms with van der Waals surface area (Å²) in [6.45, 7) is 2.80. The van der Waals surface area contributed by atoms with Crippen LogP contribution in [0.25, 0.3) is 0 Å². The molecule has 1 saturated heterocycles. The molecule has 1 atom stereocenters. The molecule has 0 spiro atoms. The Morgan fingerprint density at radius 3 is 3.10 bits per heavy atom. The summed E-state index contributed by atoms with van der Waals surface area (Å²) >= 11 is 0. The van der Waals surface area contributed by atoms with Gasteiger partial charge in [0.15, 0.2) is 0 Å². The molecule has 1 heterocycles. The van der Waals surface area contributed by atoms with E-state index in [4.69, 9.17) is 4.74 Å². The predicted octanol–water partition coefficient (Wildman–Crippen LogP) is 1.74. The molecule has 1 aliphatic rings. The maximum absolute atomic E-state index is 10.7. The van der Waals surface area contributed by atoms with Crippen molar-refractivity contribution in [2.24, 2.45) is 5.92 Å². The minimum atomic E-state index is -0.00954. The lowest BCUT2D eigenvalue weighted by Crippen LogP contribution is -2.20. The number of hydrogen-bond donors (Lipinski definition) is 0. The van der Waals surface area contributed by atoms with Crippen molar-refractivity contribution in [3.8, 4) is 0 Å². The Kier molecular flexibility index (Phi) is 2.72. The highest BCUT2D eigenvalue weighted by Crippen LogP contribution is 2.20. The van der Waals surface area contributed by atoms with E-state index in [-0.39, 0.29) is 5.97 Å². The van der Waals surface area contributed by atoms with Gasteiger partial charge in [0, 0.05) is 6.42 Å². The molecule has 2 nitrogen and oxygen atoms in total. The van der Waals surface area contributed by atoms with E-state index in [1.54, 1.807) is 0 Å². The molecule has 0 saturated carbocycles. The van der Waals surface area contributed by atoms with E-state index in [1.807, 2.05) is 0 Å². The molecule has 1 rings (SSSR count). The second kappa shape index (κ2) is 3.59. The highest BCUT2D eigenvalue weighted by molar-refractivity contribution is 5.70. The molecular weight excluding hydrogens is 128 g/mol. The van der Waals surface area contributed by atoms with Gasteiger partial charge in [-0.3, -0.25) is 4.79 Å². The summed E-state index contributed by atoms with van der Waals surface area (Å²) in [6.07, 6.45) is 4.07. The highest BCUT2D eigenvalue weighted by Gasteiger charge is 2.19. The molecule has 0 N–H and O–H groups in total. The maximum atomic E-state index is 10.7. The molecule has 0 aliphatic carbocycles. The third-order valence-corrected chi connectivity index (χ3v) is 1.94. The summed E-state index contributed by atoms with van der Waals surface area (Å²) in [5.41, 5.74) is 0. The fraction of sp³-hybridized carbons (Fsp3) is 0.875. The quantitative estimate of drug-likeness (QED) is 0.549. The van der Waals surface area contributed by atoms with Gasteiger partial charge in [0.1, 0.15) is 0 Å². The molecule has 1 unspecified atom stereocenters. The van der Waals surface area contributed by atoms with Crippen molar-refractivity contribution >= 4 is 5.97 Å². The summed E-state index contributed by atoms with van der Waals surface area (Å²) in [5.74, 6) is 0.593. The SMILES string of the molecule is CCCC1CCOC(=O)C1. The van der Waals surface area contributed by atoms with Crippen molar-refractivity contribution in [3.63, 3.8) is 0 Å². The number of carbonyl (C=O) groups is 1. The zero-order chi connectivity index (χ0) is 7.40. The Morgan fingerprint density at radius 1 is 1.70 bits per heavy atom. The van der Waals surface area contributed by atoms with Gasteiger partial charge in [-0.25, -0.2) is 0 Å². The van der Waals surface area contributed by atoms with Crippen LogP contribution in [0, 0.1) is 5.92 Å². The third-order valence-electron chi connectivity index (χ3n) is 1.94. The summed E-state index contributed by atoms with van der Waals surface area (Å²) in [7, 11) is 0. The second-order valence-electron chi connectivity index (χ2n) is 2.87. The molecule has 0 bridgehead atoms. The van der Waals surface area contributed by atoms with E-state index >= 15 is 0 Å². The van der Waals surface area contributed by atoms with Gasteiger partial charge in [-0.15, -0.1) is 0 Å². The first-order valence-electron chi connectivity index (χ1n) is 3.98. The first kappa shape index (κ1) is 7.58. The molecular formula is C8H14O2. The fourth-order valence-corrected chi connectivity index (χ4v) is 1.39. The molecule has 58 valence electrons. The van der Waals surface area contributed by atoms with Crippen LogP contribution in [0.1, 0.15) is 32.6 Å². The van der Waals surface area contributed by atoms with Gasteiger partial charge in [-0.2, -0.15) is 0 Å². The molecule has 0 aromatic carbocycles. The van der Waals surface area contributed by atoms with Crippen molar-refractivity contribution < 1.29 is 9.53 Å².